The van der Waals surface area contributed by atoms with Gasteiger partial charge in [0.05, 0.1) is 17.0 Å². The number of rotatable bonds is 7. The van der Waals surface area contributed by atoms with E-state index in [1.807, 2.05) is 6.92 Å². The molecule has 0 unspecified atom stereocenters. The molecule has 0 saturated carbocycles. The number of benzene rings is 1. The summed E-state index contributed by atoms with van der Waals surface area (Å²) >= 11 is 6.02. The average molecular weight is 319 g/mol. The van der Waals surface area contributed by atoms with Crippen LogP contribution in [-0.4, -0.2) is 33.7 Å². The Morgan fingerprint density at radius 1 is 1.35 bits per heavy atom. The second-order valence-corrected chi connectivity index (χ2v) is 6.70. The molecule has 7 heteroatoms. The highest BCUT2D eigenvalue weighted by Crippen LogP contribution is 2.27. The van der Waals surface area contributed by atoms with E-state index in [0.717, 1.165) is 17.0 Å². The van der Waals surface area contributed by atoms with Crippen LogP contribution in [0.3, 0.4) is 0 Å². The highest BCUT2D eigenvalue weighted by atomic mass is 35.5. The summed E-state index contributed by atoms with van der Waals surface area (Å²) in [7, 11) is -3.49. The van der Waals surface area contributed by atoms with E-state index < -0.39 is 10.0 Å². The maximum Gasteiger partial charge on any atom is 0.232 e. The fourth-order valence-corrected chi connectivity index (χ4v) is 2.90. The molecule has 1 amide bonds. The second-order valence-electron chi connectivity index (χ2n) is 4.39. The van der Waals surface area contributed by atoms with Crippen LogP contribution >= 0.6 is 11.6 Å². The Kier molecular flexibility index (Phi) is 6.29. The molecule has 0 saturated heterocycles. The average Bonchev–Trinajstić information content (AvgIpc) is 2.37. The van der Waals surface area contributed by atoms with Gasteiger partial charge in [-0.05, 0) is 18.6 Å². The topological polar surface area (TPSA) is 66.5 Å². The van der Waals surface area contributed by atoms with E-state index >= 15 is 0 Å². The lowest BCUT2D eigenvalue weighted by Gasteiger charge is -2.23. The number of nitrogens with one attached hydrogen (secondary N) is 1. The van der Waals surface area contributed by atoms with Gasteiger partial charge in [-0.25, -0.2) is 8.42 Å². The van der Waals surface area contributed by atoms with Gasteiger partial charge in [0, 0.05) is 19.5 Å². The number of carbonyl (C=O) groups excluding carboxylic acids is 1. The molecule has 0 radical (unpaired) electrons. The molecule has 1 aromatic rings. The van der Waals surface area contributed by atoms with Crippen LogP contribution in [0.5, 0.6) is 0 Å². The summed E-state index contributed by atoms with van der Waals surface area (Å²) in [6.07, 6.45) is 2.03. The number of anilines is 1. The molecule has 0 bridgehead atoms. The fraction of sp³-hybridized carbons (Fsp3) is 0.462. The van der Waals surface area contributed by atoms with Crippen molar-refractivity contribution in [1.82, 2.24) is 5.32 Å². The minimum Gasteiger partial charge on any atom is -0.356 e. The summed E-state index contributed by atoms with van der Waals surface area (Å²) in [6.45, 7) is 2.61. The van der Waals surface area contributed by atoms with Crippen molar-refractivity contribution in [1.29, 1.82) is 0 Å². The molecule has 20 heavy (non-hydrogen) atoms. The van der Waals surface area contributed by atoms with Gasteiger partial charge in [-0.2, -0.15) is 0 Å². The zero-order valence-corrected chi connectivity index (χ0v) is 13.2. The quantitative estimate of drug-likeness (QED) is 0.836. The van der Waals surface area contributed by atoms with Crippen LogP contribution in [0.4, 0.5) is 5.69 Å². The number of para-hydroxylation sites is 1. The van der Waals surface area contributed by atoms with E-state index in [-0.39, 0.29) is 18.9 Å². The van der Waals surface area contributed by atoms with E-state index in [2.05, 4.69) is 5.32 Å². The summed E-state index contributed by atoms with van der Waals surface area (Å²) in [6, 6.07) is 6.66. The summed E-state index contributed by atoms with van der Waals surface area (Å²) in [5, 5.41) is 3.05. The lowest BCUT2D eigenvalue weighted by atomic mass is 10.3. The smallest absolute Gasteiger partial charge is 0.232 e. The van der Waals surface area contributed by atoms with Crippen molar-refractivity contribution in [2.75, 3.05) is 23.7 Å². The molecule has 0 aliphatic heterocycles. The summed E-state index contributed by atoms with van der Waals surface area (Å²) in [5.74, 6) is -0.174. The Labute approximate surface area is 125 Å². The molecule has 0 aliphatic carbocycles. The molecule has 112 valence electrons. The first-order valence-corrected chi connectivity index (χ1v) is 8.57. The molecule has 0 heterocycles. The highest BCUT2D eigenvalue weighted by molar-refractivity contribution is 7.92. The molecular formula is C13H19ClN2O3S. The minimum atomic E-state index is -3.49. The van der Waals surface area contributed by atoms with Crippen LogP contribution in [0.1, 0.15) is 19.8 Å². The Morgan fingerprint density at radius 3 is 2.55 bits per heavy atom. The van der Waals surface area contributed by atoms with Gasteiger partial charge in [-0.15, -0.1) is 0 Å². The molecule has 0 fully saturated rings. The lowest BCUT2D eigenvalue weighted by molar-refractivity contribution is -0.120. The third-order valence-electron chi connectivity index (χ3n) is 2.64. The zero-order chi connectivity index (χ0) is 15.2. The summed E-state index contributed by atoms with van der Waals surface area (Å²) < 4.78 is 24.8. The summed E-state index contributed by atoms with van der Waals surface area (Å²) in [4.78, 5) is 11.6. The molecule has 0 aliphatic rings. The number of sulfonamides is 1. The molecule has 0 atom stereocenters. The monoisotopic (exact) mass is 318 g/mol. The normalized spacial score (nSPS) is 11.2. The lowest BCUT2D eigenvalue weighted by Crippen LogP contribution is -2.35. The number of hydrogen-bond acceptors (Lipinski definition) is 3. The first kappa shape index (κ1) is 16.8. The van der Waals surface area contributed by atoms with Gasteiger partial charge in [-0.3, -0.25) is 9.10 Å². The third kappa shape index (κ3) is 5.02. The Hall–Kier alpha value is -1.27. The van der Waals surface area contributed by atoms with Crippen molar-refractivity contribution in [3.8, 4) is 0 Å². The third-order valence-corrected chi connectivity index (χ3v) is 4.14. The van der Waals surface area contributed by atoms with E-state index in [4.69, 9.17) is 11.6 Å². The van der Waals surface area contributed by atoms with Crippen LogP contribution in [-0.2, 0) is 14.8 Å². The van der Waals surface area contributed by atoms with E-state index in [0.29, 0.717) is 17.3 Å². The van der Waals surface area contributed by atoms with Gasteiger partial charge in [0.2, 0.25) is 15.9 Å². The maximum absolute atomic E-state index is 11.8. The first-order valence-electron chi connectivity index (χ1n) is 6.35. The highest BCUT2D eigenvalue weighted by Gasteiger charge is 2.20. The molecule has 1 rings (SSSR count). The standard InChI is InChI=1S/C13H19ClN2O3S/c1-3-9-15-13(17)8-10-16(20(2,18)19)12-7-5-4-6-11(12)14/h4-7H,3,8-10H2,1-2H3,(H,15,17). The van der Waals surface area contributed by atoms with Crippen molar-refractivity contribution in [3.05, 3.63) is 29.3 Å². The van der Waals surface area contributed by atoms with Crippen LogP contribution < -0.4 is 9.62 Å². The zero-order valence-electron chi connectivity index (χ0n) is 11.6. The van der Waals surface area contributed by atoms with Gasteiger partial charge in [0.1, 0.15) is 0 Å². The van der Waals surface area contributed by atoms with Crippen LogP contribution in [0.25, 0.3) is 0 Å². The Balaban J connectivity index is 2.83. The predicted octanol–water partition coefficient (Wildman–Crippen LogP) is 2.02. The molecular weight excluding hydrogens is 300 g/mol. The second kappa shape index (κ2) is 7.50. The van der Waals surface area contributed by atoms with Crippen molar-refractivity contribution in [2.45, 2.75) is 19.8 Å². The number of amides is 1. The van der Waals surface area contributed by atoms with Gasteiger partial charge < -0.3 is 5.32 Å². The van der Waals surface area contributed by atoms with Crippen molar-refractivity contribution >= 4 is 33.2 Å². The maximum atomic E-state index is 11.8. The van der Waals surface area contributed by atoms with E-state index in [1.54, 1.807) is 24.3 Å². The molecule has 1 aromatic carbocycles. The van der Waals surface area contributed by atoms with E-state index in [9.17, 15) is 13.2 Å². The molecule has 1 N–H and O–H groups in total. The van der Waals surface area contributed by atoms with Gasteiger partial charge in [0.15, 0.2) is 0 Å². The summed E-state index contributed by atoms with van der Waals surface area (Å²) in [5.41, 5.74) is 0.389. The molecule has 0 spiro atoms. The Morgan fingerprint density at radius 2 is 2.00 bits per heavy atom. The Bertz CT molecular complexity index is 560. The fourth-order valence-electron chi connectivity index (χ4n) is 1.67. The van der Waals surface area contributed by atoms with Gasteiger partial charge in [0.25, 0.3) is 0 Å². The number of hydrogen-bond donors (Lipinski definition) is 1. The SMILES string of the molecule is CCCNC(=O)CCN(c1ccccc1Cl)S(C)(=O)=O. The van der Waals surface area contributed by atoms with Crippen molar-refractivity contribution in [3.63, 3.8) is 0 Å². The van der Waals surface area contributed by atoms with Crippen molar-refractivity contribution < 1.29 is 13.2 Å². The number of nitrogens with zero attached hydrogens (tertiary/aromatic N) is 1. The van der Waals surface area contributed by atoms with Crippen LogP contribution in [0.2, 0.25) is 5.02 Å². The van der Waals surface area contributed by atoms with Gasteiger partial charge >= 0.3 is 0 Å². The minimum absolute atomic E-state index is 0.0676. The molecule has 5 nitrogen and oxygen atoms in total. The van der Waals surface area contributed by atoms with Crippen molar-refractivity contribution in [2.24, 2.45) is 0 Å². The van der Waals surface area contributed by atoms with Gasteiger partial charge in [-0.1, -0.05) is 30.7 Å². The number of carbonyl (C=O) groups is 1. The largest absolute Gasteiger partial charge is 0.356 e. The van der Waals surface area contributed by atoms with E-state index in [1.165, 1.54) is 0 Å². The first-order chi connectivity index (χ1) is 9.36. The van der Waals surface area contributed by atoms with Crippen LogP contribution in [0.15, 0.2) is 24.3 Å². The number of halogens is 1. The predicted molar refractivity (Wildman–Crippen MR) is 81.6 cm³/mol. The molecule has 0 aromatic heterocycles. The van der Waals surface area contributed by atoms with Crippen LogP contribution in [0, 0.1) is 0 Å².